The first-order chi connectivity index (χ1) is 14.2. The van der Waals surface area contributed by atoms with E-state index in [0.29, 0.717) is 28.5 Å². The Labute approximate surface area is 171 Å². The maximum atomic E-state index is 13.1. The van der Waals surface area contributed by atoms with Crippen LogP contribution in [0.5, 0.6) is 0 Å². The first-order valence-electron chi connectivity index (χ1n) is 9.77. The molecule has 9 heteroatoms. The van der Waals surface area contributed by atoms with Gasteiger partial charge in [0, 0.05) is 25.3 Å². The Morgan fingerprint density at radius 1 is 1.31 bits per heavy atom. The molecule has 5 rings (SSSR count). The summed E-state index contributed by atoms with van der Waals surface area (Å²) in [5, 5.41) is 8.40. The van der Waals surface area contributed by atoms with E-state index in [1.54, 1.807) is 15.4 Å². The van der Waals surface area contributed by atoms with Crippen LogP contribution in [-0.2, 0) is 9.53 Å². The van der Waals surface area contributed by atoms with Gasteiger partial charge in [-0.1, -0.05) is 30.0 Å². The van der Waals surface area contributed by atoms with Crippen LogP contribution in [0.4, 0.5) is 0 Å². The molecule has 1 saturated heterocycles. The molecule has 8 nitrogen and oxygen atoms in total. The lowest BCUT2D eigenvalue weighted by Crippen LogP contribution is -2.34. The molecule has 2 unspecified atom stereocenters. The highest BCUT2D eigenvalue weighted by molar-refractivity contribution is 7.99. The second-order valence-electron chi connectivity index (χ2n) is 7.31. The number of benzene rings is 1. The van der Waals surface area contributed by atoms with E-state index in [1.165, 1.54) is 11.8 Å². The van der Waals surface area contributed by atoms with Gasteiger partial charge >= 0.3 is 0 Å². The van der Waals surface area contributed by atoms with Crippen molar-refractivity contribution in [2.75, 3.05) is 18.9 Å². The maximum Gasteiger partial charge on any atom is 0.265 e. The van der Waals surface area contributed by atoms with Gasteiger partial charge in [-0.3, -0.25) is 14.2 Å². The van der Waals surface area contributed by atoms with E-state index in [2.05, 4.69) is 10.4 Å². The number of thioether (sulfide) groups is 1. The van der Waals surface area contributed by atoms with Crippen LogP contribution >= 0.6 is 11.8 Å². The average Bonchev–Trinajstić information content (AvgIpc) is 3.48. The third kappa shape index (κ3) is 3.44. The van der Waals surface area contributed by atoms with Gasteiger partial charge < -0.3 is 10.1 Å². The number of aromatic nitrogens is 4. The molecule has 2 aliphatic heterocycles. The summed E-state index contributed by atoms with van der Waals surface area (Å²) in [4.78, 5) is 30.2. The van der Waals surface area contributed by atoms with Crippen LogP contribution in [0.2, 0.25) is 0 Å². The molecule has 0 aliphatic carbocycles. The summed E-state index contributed by atoms with van der Waals surface area (Å²) in [7, 11) is 0. The summed E-state index contributed by atoms with van der Waals surface area (Å²) >= 11 is 1.50. The topological polar surface area (TPSA) is 91.0 Å². The van der Waals surface area contributed by atoms with Gasteiger partial charge in [-0.25, -0.2) is 9.67 Å². The lowest BCUT2D eigenvalue weighted by Gasteiger charge is -2.15. The van der Waals surface area contributed by atoms with Crippen molar-refractivity contribution < 1.29 is 9.53 Å². The highest BCUT2D eigenvalue weighted by atomic mass is 32.2. The average molecular weight is 411 g/mol. The number of carbonyl (C=O) groups is 1. The molecule has 1 N–H and O–H groups in total. The van der Waals surface area contributed by atoms with E-state index in [0.717, 1.165) is 25.1 Å². The van der Waals surface area contributed by atoms with Gasteiger partial charge in [0.05, 0.1) is 24.0 Å². The first kappa shape index (κ1) is 18.4. The molecule has 2 aromatic heterocycles. The predicted octanol–water partition coefficient (Wildman–Crippen LogP) is 1.91. The van der Waals surface area contributed by atoms with E-state index in [9.17, 15) is 9.59 Å². The normalized spacial score (nSPS) is 20.8. The second kappa shape index (κ2) is 7.64. The van der Waals surface area contributed by atoms with Crippen molar-refractivity contribution in [2.24, 2.45) is 0 Å². The summed E-state index contributed by atoms with van der Waals surface area (Å²) in [6, 6.07) is 9.41. The lowest BCUT2D eigenvalue weighted by molar-refractivity contribution is -0.122. The van der Waals surface area contributed by atoms with Gasteiger partial charge in [-0.15, -0.1) is 0 Å². The zero-order valence-electron chi connectivity index (χ0n) is 15.8. The highest BCUT2D eigenvalue weighted by Gasteiger charge is 2.30. The Kier molecular flexibility index (Phi) is 4.84. The molecule has 2 aliphatic rings. The van der Waals surface area contributed by atoms with Crippen LogP contribution in [0.3, 0.4) is 0 Å². The van der Waals surface area contributed by atoms with Gasteiger partial charge in [0.1, 0.15) is 5.39 Å². The number of nitrogens with one attached hydrogen (secondary N) is 1. The first-order valence-corrected chi connectivity index (χ1v) is 10.8. The van der Waals surface area contributed by atoms with Crippen LogP contribution in [0.25, 0.3) is 16.7 Å². The second-order valence-corrected chi connectivity index (χ2v) is 8.29. The van der Waals surface area contributed by atoms with Gasteiger partial charge in [0.15, 0.2) is 10.8 Å². The minimum absolute atomic E-state index is 0.0640. The standard InChI is InChI=1S/C20H21N5O3S/c26-17(21-10-15-7-4-8-28-15)9-14-12-29-20-23-18-16(19(27)24(14)20)11-22-25(18)13-5-2-1-3-6-13/h1-3,5-6,11,14-15H,4,7-10,12H2,(H,21,26). The van der Waals surface area contributed by atoms with E-state index in [4.69, 9.17) is 9.72 Å². The van der Waals surface area contributed by atoms with Crippen LogP contribution < -0.4 is 10.9 Å². The van der Waals surface area contributed by atoms with E-state index < -0.39 is 0 Å². The Morgan fingerprint density at radius 2 is 2.17 bits per heavy atom. The SMILES string of the molecule is O=C(CC1CSc2nc3c(cnn3-c3ccccc3)c(=O)n21)NCC1CCCO1. The Balaban J connectivity index is 1.39. The van der Waals surface area contributed by atoms with Crippen molar-refractivity contribution in [3.8, 4) is 5.69 Å². The van der Waals surface area contributed by atoms with Crippen LogP contribution in [0.1, 0.15) is 25.3 Å². The van der Waals surface area contributed by atoms with Gasteiger partial charge in [-0.2, -0.15) is 5.10 Å². The van der Waals surface area contributed by atoms with Crippen molar-refractivity contribution in [2.45, 2.75) is 36.6 Å². The number of fused-ring (bicyclic) bond motifs is 2. The molecule has 1 amide bonds. The van der Waals surface area contributed by atoms with E-state index in [1.807, 2.05) is 30.3 Å². The largest absolute Gasteiger partial charge is 0.376 e. The summed E-state index contributed by atoms with van der Waals surface area (Å²) in [5.41, 5.74) is 1.25. The number of para-hydroxylation sites is 1. The zero-order valence-corrected chi connectivity index (χ0v) is 16.6. The zero-order chi connectivity index (χ0) is 19.8. The molecule has 3 aromatic rings. The molecule has 1 fully saturated rings. The molecular formula is C20H21N5O3S. The summed E-state index contributed by atoms with van der Waals surface area (Å²) in [6.45, 7) is 1.29. The van der Waals surface area contributed by atoms with E-state index >= 15 is 0 Å². The number of hydrogen-bond acceptors (Lipinski definition) is 6. The number of rotatable bonds is 5. The molecule has 0 spiro atoms. The van der Waals surface area contributed by atoms with Gasteiger partial charge in [0.2, 0.25) is 5.91 Å². The van der Waals surface area contributed by atoms with Gasteiger partial charge in [0.25, 0.3) is 5.56 Å². The number of nitrogens with zero attached hydrogens (tertiary/aromatic N) is 4. The molecule has 4 heterocycles. The van der Waals surface area contributed by atoms with Crippen LogP contribution in [0, 0.1) is 0 Å². The Morgan fingerprint density at radius 3 is 2.97 bits per heavy atom. The number of amides is 1. The number of hydrogen-bond donors (Lipinski definition) is 1. The summed E-state index contributed by atoms with van der Waals surface area (Å²) in [6.07, 6.45) is 3.95. The van der Waals surface area contributed by atoms with Crippen molar-refractivity contribution >= 4 is 28.7 Å². The molecule has 1 aromatic carbocycles. The van der Waals surface area contributed by atoms with Crippen LogP contribution in [0.15, 0.2) is 46.5 Å². The molecule has 29 heavy (non-hydrogen) atoms. The fourth-order valence-corrected chi connectivity index (χ4v) is 4.99. The van der Waals surface area contributed by atoms with Crippen molar-refractivity contribution in [1.82, 2.24) is 24.6 Å². The van der Waals surface area contributed by atoms with Gasteiger partial charge in [-0.05, 0) is 25.0 Å². The smallest absolute Gasteiger partial charge is 0.265 e. The molecule has 0 saturated carbocycles. The molecule has 2 atom stereocenters. The van der Waals surface area contributed by atoms with Crippen molar-refractivity contribution in [1.29, 1.82) is 0 Å². The minimum atomic E-state index is -0.205. The van der Waals surface area contributed by atoms with Crippen LogP contribution in [-0.4, -0.2) is 50.2 Å². The summed E-state index contributed by atoms with van der Waals surface area (Å²) in [5.74, 6) is 0.590. The third-order valence-electron chi connectivity index (χ3n) is 5.34. The minimum Gasteiger partial charge on any atom is -0.376 e. The fourth-order valence-electron chi connectivity index (χ4n) is 3.86. The van der Waals surface area contributed by atoms with Crippen molar-refractivity contribution in [3.63, 3.8) is 0 Å². The monoisotopic (exact) mass is 411 g/mol. The summed E-state index contributed by atoms with van der Waals surface area (Å²) < 4.78 is 8.87. The Bertz CT molecular complexity index is 1100. The molecule has 150 valence electrons. The predicted molar refractivity (Wildman–Crippen MR) is 109 cm³/mol. The fraction of sp³-hybridized carbons (Fsp3) is 0.400. The number of ether oxygens (including phenoxy) is 1. The highest BCUT2D eigenvalue weighted by Crippen LogP contribution is 2.33. The number of carbonyl (C=O) groups excluding carboxylic acids is 1. The molecular weight excluding hydrogens is 390 g/mol. The molecule has 0 radical (unpaired) electrons. The molecule has 0 bridgehead atoms. The van der Waals surface area contributed by atoms with E-state index in [-0.39, 0.29) is 30.0 Å². The maximum absolute atomic E-state index is 13.1. The third-order valence-corrected chi connectivity index (χ3v) is 6.44. The van der Waals surface area contributed by atoms with Crippen molar-refractivity contribution in [3.05, 3.63) is 46.9 Å². The Hall–Kier alpha value is -2.65. The lowest BCUT2D eigenvalue weighted by atomic mass is 10.2. The quantitative estimate of drug-likeness (QED) is 0.645.